The third-order valence-electron chi connectivity index (χ3n) is 7.02. The third-order valence-corrected chi connectivity index (χ3v) is 7.02. The molecule has 3 saturated heterocycles. The van der Waals surface area contributed by atoms with Crippen molar-refractivity contribution in [2.45, 2.75) is 75.8 Å². The first-order valence-electron chi connectivity index (χ1n) is 12.0. The summed E-state index contributed by atoms with van der Waals surface area (Å²) in [6.07, 6.45) is 3.51. The van der Waals surface area contributed by atoms with E-state index >= 15 is 0 Å². The van der Waals surface area contributed by atoms with Gasteiger partial charge in [-0.2, -0.15) is 0 Å². The van der Waals surface area contributed by atoms with Crippen molar-refractivity contribution < 1.29 is 34.3 Å². The fraction of sp³-hybridized carbons (Fsp3) is 0.640. The van der Waals surface area contributed by atoms with Gasteiger partial charge in [0, 0.05) is 18.0 Å². The molecule has 0 amide bonds. The van der Waals surface area contributed by atoms with Crippen LogP contribution in [-0.4, -0.2) is 82.6 Å². The Bertz CT molecular complexity index is 811. The Morgan fingerprint density at radius 1 is 1.06 bits per heavy atom. The van der Waals surface area contributed by atoms with Gasteiger partial charge in [0.1, 0.15) is 24.1 Å². The van der Waals surface area contributed by atoms with Gasteiger partial charge in [0.25, 0.3) is 0 Å². The lowest BCUT2D eigenvalue weighted by Crippen LogP contribution is -2.58. The highest BCUT2D eigenvalue weighted by Crippen LogP contribution is 2.31. The predicted molar refractivity (Wildman–Crippen MR) is 121 cm³/mol. The van der Waals surface area contributed by atoms with Crippen molar-refractivity contribution in [3.05, 3.63) is 35.9 Å². The summed E-state index contributed by atoms with van der Waals surface area (Å²) >= 11 is 0. The minimum absolute atomic E-state index is 0.344. The summed E-state index contributed by atoms with van der Waals surface area (Å²) < 4.78 is 16.6. The number of ether oxygens (including phenoxy) is 3. The summed E-state index contributed by atoms with van der Waals surface area (Å²) in [4.78, 5) is 14.8. The first-order valence-corrected chi connectivity index (χ1v) is 12.0. The van der Waals surface area contributed by atoms with Crippen molar-refractivity contribution in [1.29, 1.82) is 0 Å². The first-order chi connectivity index (χ1) is 15.9. The molecule has 1 aromatic carbocycles. The molecule has 0 unspecified atom stereocenters. The largest absolute Gasteiger partial charge is 0.462 e. The van der Waals surface area contributed by atoms with Crippen LogP contribution >= 0.6 is 0 Å². The van der Waals surface area contributed by atoms with Gasteiger partial charge in [-0.05, 0) is 69.5 Å². The van der Waals surface area contributed by atoms with E-state index in [-0.39, 0.29) is 5.97 Å². The van der Waals surface area contributed by atoms with Crippen LogP contribution in [0.15, 0.2) is 30.3 Å². The number of piperidine rings is 2. The van der Waals surface area contributed by atoms with Crippen LogP contribution in [0.2, 0.25) is 0 Å². The number of nitrogens with zero attached hydrogens (tertiary/aromatic N) is 1. The zero-order chi connectivity index (χ0) is 23.4. The fourth-order valence-electron chi connectivity index (χ4n) is 5.08. The Kier molecular flexibility index (Phi) is 8.03. The molecule has 0 aliphatic carbocycles. The highest BCUT2D eigenvalue weighted by Gasteiger charge is 2.43. The number of rotatable bonds is 6. The van der Waals surface area contributed by atoms with Crippen LogP contribution in [-0.2, 0) is 14.3 Å². The zero-order valence-corrected chi connectivity index (χ0v) is 19.1. The molecule has 3 aliphatic rings. The monoisotopic (exact) mass is 461 g/mol. The molecule has 0 radical (unpaired) electrons. The SMILES string of the molecule is C[C@H]1O[C@H](Oc2ccc(C=CC(=O)OC[C@H]3CCCN4CCCC[C@H]34)cc2)[C@@H](O)[C@@H](O)[C@@H]1O. The van der Waals surface area contributed by atoms with Gasteiger partial charge in [-0.15, -0.1) is 0 Å². The van der Waals surface area contributed by atoms with E-state index in [2.05, 4.69) is 4.90 Å². The number of hydrogen-bond acceptors (Lipinski definition) is 8. The molecule has 0 spiro atoms. The van der Waals surface area contributed by atoms with E-state index in [9.17, 15) is 20.1 Å². The standard InChI is InChI=1S/C25H35NO7/c1-16-22(28)23(29)24(30)25(32-16)33-19-10-7-17(8-11-19)9-12-21(27)31-15-18-5-4-14-26-13-3-2-6-20(18)26/h7-12,16,18,20,22-25,28-30H,2-6,13-15H2,1H3/t16-,18-,20-,22-,23+,24+,25-/m1/s1. The molecule has 0 saturated carbocycles. The molecule has 182 valence electrons. The van der Waals surface area contributed by atoms with Crippen LogP contribution in [0.3, 0.4) is 0 Å². The molecule has 8 heteroatoms. The molecule has 0 aromatic heterocycles. The molecule has 3 N–H and O–H groups in total. The topological polar surface area (TPSA) is 109 Å². The third kappa shape index (κ3) is 5.94. The van der Waals surface area contributed by atoms with Crippen molar-refractivity contribution in [1.82, 2.24) is 4.90 Å². The quantitative estimate of drug-likeness (QED) is 0.434. The Morgan fingerprint density at radius 2 is 1.82 bits per heavy atom. The lowest BCUT2D eigenvalue weighted by atomic mass is 9.84. The van der Waals surface area contributed by atoms with Gasteiger partial charge in [0.15, 0.2) is 0 Å². The van der Waals surface area contributed by atoms with E-state index in [4.69, 9.17) is 14.2 Å². The summed E-state index contributed by atoms with van der Waals surface area (Å²) in [6, 6.07) is 7.45. The van der Waals surface area contributed by atoms with Crippen molar-refractivity contribution >= 4 is 12.0 Å². The maximum absolute atomic E-state index is 12.2. The number of hydrogen-bond donors (Lipinski definition) is 3. The van der Waals surface area contributed by atoms with Gasteiger partial charge in [-0.25, -0.2) is 4.79 Å². The Morgan fingerprint density at radius 3 is 2.61 bits per heavy atom. The number of carbonyl (C=O) groups excluding carboxylic acids is 1. The van der Waals surface area contributed by atoms with Gasteiger partial charge >= 0.3 is 5.97 Å². The Hall–Kier alpha value is -1.97. The summed E-state index contributed by atoms with van der Waals surface area (Å²) in [5.41, 5.74) is 0.796. The molecule has 0 bridgehead atoms. The van der Waals surface area contributed by atoms with Gasteiger partial charge in [0.05, 0.1) is 12.7 Å². The number of fused-ring (bicyclic) bond motifs is 1. The maximum atomic E-state index is 12.2. The van der Waals surface area contributed by atoms with Gasteiger partial charge in [0.2, 0.25) is 6.29 Å². The summed E-state index contributed by atoms with van der Waals surface area (Å²) in [5, 5.41) is 29.7. The summed E-state index contributed by atoms with van der Waals surface area (Å²) in [6.45, 7) is 4.41. The Labute approximate surface area is 194 Å². The van der Waals surface area contributed by atoms with Crippen LogP contribution in [0.4, 0.5) is 0 Å². The van der Waals surface area contributed by atoms with Crippen LogP contribution in [0.1, 0.15) is 44.6 Å². The van der Waals surface area contributed by atoms with E-state index < -0.39 is 30.7 Å². The first kappa shape index (κ1) is 24.2. The molecule has 7 atom stereocenters. The lowest BCUT2D eigenvalue weighted by Gasteiger charge is -2.44. The maximum Gasteiger partial charge on any atom is 0.330 e. The minimum atomic E-state index is -1.37. The van der Waals surface area contributed by atoms with E-state index in [1.807, 2.05) is 0 Å². The van der Waals surface area contributed by atoms with Crippen molar-refractivity contribution in [2.24, 2.45) is 5.92 Å². The lowest BCUT2D eigenvalue weighted by molar-refractivity contribution is -0.268. The predicted octanol–water partition coefficient (Wildman–Crippen LogP) is 1.71. The fourth-order valence-corrected chi connectivity index (χ4v) is 5.08. The van der Waals surface area contributed by atoms with Crippen LogP contribution in [0, 0.1) is 5.92 Å². The average Bonchev–Trinajstić information content (AvgIpc) is 2.84. The molecule has 4 rings (SSSR count). The van der Waals surface area contributed by atoms with Crippen molar-refractivity contribution in [2.75, 3.05) is 19.7 Å². The number of esters is 1. The van der Waals surface area contributed by atoms with E-state index in [0.29, 0.717) is 24.3 Å². The smallest absolute Gasteiger partial charge is 0.330 e. The Balaban J connectivity index is 1.25. The second-order valence-electron chi connectivity index (χ2n) is 9.33. The molecule has 3 fully saturated rings. The molecular weight excluding hydrogens is 426 g/mol. The molecule has 3 aliphatic heterocycles. The number of aliphatic hydroxyl groups excluding tert-OH is 3. The summed E-state index contributed by atoms with van der Waals surface area (Å²) in [7, 11) is 0. The number of benzene rings is 1. The average molecular weight is 462 g/mol. The molecule has 1 aromatic rings. The zero-order valence-electron chi connectivity index (χ0n) is 19.1. The summed E-state index contributed by atoms with van der Waals surface area (Å²) in [5.74, 6) is 0.514. The van der Waals surface area contributed by atoms with E-state index in [1.165, 1.54) is 44.8 Å². The van der Waals surface area contributed by atoms with E-state index in [0.717, 1.165) is 12.0 Å². The minimum Gasteiger partial charge on any atom is -0.462 e. The second kappa shape index (κ2) is 11.0. The molecule has 8 nitrogen and oxygen atoms in total. The van der Waals surface area contributed by atoms with Crippen molar-refractivity contribution in [3.8, 4) is 5.75 Å². The highest BCUT2D eigenvalue weighted by atomic mass is 16.7. The van der Waals surface area contributed by atoms with Gasteiger partial charge in [-0.3, -0.25) is 4.90 Å². The van der Waals surface area contributed by atoms with Crippen LogP contribution < -0.4 is 4.74 Å². The number of aliphatic hydroxyl groups is 3. The molecule has 33 heavy (non-hydrogen) atoms. The highest BCUT2D eigenvalue weighted by molar-refractivity contribution is 5.87. The van der Waals surface area contributed by atoms with Crippen LogP contribution in [0.25, 0.3) is 6.08 Å². The second-order valence-corrected chi connectivity index (χ2v) is 9.33. The van der Waals surface area contributed by atoms with Gasteiger partial charge in [-0.1, -0.05) is 18.6 Å². The molecular formula is C25H35NO7. The number of carbonyl (C=O) groups is 1. The normalized spacial score (nSPS) is 35.2. The van der Waals surface area contributed by atoms with E-state index in [1.54, 1.807) is 37.3 Å². The van der Waals surface area contributed by atoms with Gasteiger partial charge < -0.3 is 29.5 Å². The molecule has 3 heterocycles. The van der Waals surface area contributed by atoms with Crippen molar-refractivity contribution in [3.63, 3.8) is 0 Å². The van der Waals surface area contributed by atoms with Crippen LogP contribution in [0.5, 0.6) is 5.75 Å².